The van der Waals surface area contributed by atoms with Crippen molar-refractivity contribution in [1.29, 1.82) is 0 Å². The highest BCUT2D eigenvalue weighted by Crippen LogP contribution is 2.21. The van der Waals surface area contributed by atoms with Crippen LogP contribution in [0, 0.1) is 0 Å². The van der Waals surface area contributed by atoms with Crippen molar-refractivity contribution in [2.24, 2.45) is 0 Å². The summed E-state index contributed by atoms with van der Waals surface area (Å²) in [5, 5.41) is 9.91. The van der Waals surface area contributed by atoms with Crippen molar-refractivity contribution in [2.75, 3.05) is 13.0 Å². The van der Waals surface area contributed by atoms with Gasteiger partial charge in [-0.2, -0.15) is 0 Å². The van der Waals surface area contributed by atoms with Gasteiger partial charge >= 0.3 is 5.97 Å². The SMILES string of the molecule is C=C(C(=O)OC)C(O)c1cncc(CCCl)c1. The van der Waals surface area contributed by atoms with E-state index in [0.717, 1.165) is 5.56 Å². The molecule has 0 saturated carbocycles. The largest absolute Gasteiger partial charge is 0.466 e. The Balaban J connectivity index is 2.88. The minimum atomic E-state index is -1.11. The summed E-state index contributed by atoms with van der Waals surface area (Å²) in [7, 11) is 1.24. The minimum absolute atomic E-state index is 0.0164. The van der Waals surface area contributed by atoms with Crippen LogP contribution in [0.2, 0.25) is 0 Å². The summed E-state index contributed by atoms with van der Waals surface area (Å²) in [5.74, 6) is -0.167. The Kier molecular flexibility index (Phi) is 5.12. The minimum Gasteiger partial charge on any atom is -0.466 e. The third-order valence-corrected chi connectivity index (χ3v) is 2.48. The fourth-order valence-corrected chi connectivity index (χ4v) is 1.57. The van der Waals surface area contributed by atoms with Crippen molar-refractivity contribution in [3.8, 4) is 0 Å². The Morgan fingerprint density at radius 3 is 2.94 bits per heavy atom. The lowest BCUT2D eigenvalue weighted by Gasteiger charge is -2.12. The summed E-state index contributed by atoms with van der Waals surface area (Å²) < 4.78 is 4.49. The lowest BCUT2D eigenvalue weighted by Crippen LogP contribution is -2.12. The molecule has 1 heterocycles. The van der Waals surface area contributed by atoms with Gasteiger partial charge in [0, 0.05) is 23.8 Å². The number of halogens is 1. The van der Waals surface area contributed by atoms with Crippen LogP contribution in [0.15, 0.2) is 30.6 Å². The fourth-order valence-electron chi connectivity index (χ4n) is 1.35. The van der Waals surface area contributed by atoms with Crippen LogP contribution in [0.4, 0.5) is 0 Å². The van der Waals surface area contributed by atoms with Gasteiger partial charge in [0.2, 0.25) is 0 Å². The molecular weight excluding hydrogens is 242 g/mol. The molecule has 0 radical (unpaired) electrons. The highest BCUT2D eigenvalue weighted by atomic mass is 35.5. The van der Waals surface area contributed by atoms with Gasteiger partial charge in [0.15, 0.2) is 0 Å². The summed E-state index contributed by atoms with van der Waals surface area (Å²) in [6.45, 7) is 3.50. The number of ether oxygens (including phenoxy) is 1. The van der Waals surface area contributed by atoms with Gasteiger partial charge in [-0.1, -0.05) is 6.58 Å². The molecule has 1 atom stereocenters. The molecule has 0 saturated heterocycles. The maximum absolute atomic E-state index is 11.2. The number of aliphatic hydroxyl groups excluding tert-OH is 1. The van der Waals surface area contributed by atoms with E-state index in [9.17, 15) is 9.90 Å². The first-order valence-corrected chi connectivity index (χ1v) is 5.58. The zero-order valence-corrected chi connectivity index (χ0v) is 10.3. The molecule has 0 aliphatic carbocycles. The van der Waals surface area contributed by atoms with E-state index in [1.165, 1.54) is 13.3 Å². The van der Waals surface area contributed by atoms with Crippen LogP contribution in [0.25, 0.3) is 0 Å². The summed E-state index contributed by atoms with van der Waals surface area (Å²) in [6, 6.07) is 1.74. The Morgan fingerprint density at radius 1 is 1.65 bits per heavy atom. The molecule has 5 heteroatoms. The van der Waals surface area contributed by atoms with Crippen molar-refractivity contribution >= 4 is 17.6 Å². The molecule has 1 aromatic heterocycles. The Labute approximate surface area is 105 Å². The van der Waals surface area contributed by atoms with Gasteiger partial charge in [0.05, 0.1) is 12.7 Å². The van der Waals surface area contributed by atoms with Gasteiger partial charge in [0.1, 0.15) is 6.10 Å². The van der Waals surface area contributed by atoms with Crippen molar-refractivity contribution in [1.82, 2.24) is 4.98 Å². The summed E-state index contributed by atoms with van der Waals surface area (Å²) in [6.07, 6.45) is 2.70. The highest BCUT2D eigenvalue weighted by molar-refractivity contribution is 6.17. The number of carbonyl (C=O) groups excluding carboxylic acids is 1. The number of alkyl halides is 1. The van der Waals surface area contributed by atoms with Crippen molar-refractivity contribution < 1.29 is 14.6 Å². The molecular formula is C12H14ClNO3. The van der Waals surface area contributed by atoms with Gasteiger partial charge in [-0.15, -0.1) is 11.6 Å². The van der Waals surface area contributed by atoms with E-state index in [1.54, 1.807) is 12.3 Å². The molecule has 0 spiro atoms. The van der Waals surface area contributed by atoms with Crippen LogP contribution >= 0.6 is 11.6 Å². The second kappa shape index (κ2) is 6.37. The molecule has 4 nitrogen and oxygen atoms in total. The van der Waals surface area contributed by atoms with Gasteiger partial charge in [-0.3, -0.25) is 4.98 Å². The first-order chi connectivity index (χ1) is 8.10. The van der Waals surface area contributed by atoms with E-state index in [2.05, 4.69) is 16.3 Å². The molecule has 0 bridgehead atoms. The zero-order valence-electron chi connectivity index (χ0n) is 9.52. The fraction of sp³-hybridized carbons (Fsp3) is 0.333. The quantitative estimate of drug-likeness (QED) is 0.494. The van der Waals surface area contributed by atoms with Crippen LogP contribution in [0.1, 0.15) is 17.2 Å². The predicted octanol–water partition coefficient (Wildman–Crippen LogP) is 1.63. The molecule has 1 unspecified atom stereocenters. The van der Waals surface area contributed by atoms with E-state index in [0.29, 0.717) is 17.9 Å². The first-order valence-electron chi connectivity index (χ1n) is 5.05. The monoisotopic (exact) mass is 255 g/mol. The average molecular weight is 256 g/mol. The molecule has 0 aliphatic rings. The van der Waals surface area contributed by atoms with Gasteiger partial charge in [-0.25, -0.2) is 4.79 Å². The third kappa shape index (κ3) is 3.54. The summed E-state index contributed by atoms with van der Waals surface area (Å²) >= 11 is 5.62. The zero-order chi connectivity index (χ0) is 12.8. The molecule has 1 aromatic rings. The van der Waals surface area contributed by atoms with E-state index in [1.807, 2.05) is 0 Å². The predicted molar refractivity (Wildman–Crippen MR) is 64.8 cm³/mol. The maximum atomic E-state index is 11.2. The number of rotatable bonds is 5. The maximum Gasteiger partial charge on any atom is 0.336 e. The topological polar surface area (TPSA) is 59.4 Å². The van der Waals surface area contributed by atoms with Crippen LogP contribution in [-0.2, 0) is 16.0 Å². The lowest BCUT2D eigenvalue weighted by atomic mass is 10.0. The van der Waals surface area contributed by atoms with Crippen LogP contribution in [0.3, 0.4) is 0 Å². The van der Waals surface area contributed by atoms with Crippen LogP contribution in [-0.4, -0.2) is 29.0 Å². The molecule has 92 valence electrons. The third-order valence-electron chi connectivity index (χ3n) is 2.29. The average Bonchev–Trinajstić information content (AvgIpc) is 2.36. The number of pyridine rings is 1. The van der Waals surface area contributed by atoms with Crippen LogP contribution < -0.4 is 0 Å². The molecule has 0 aliphatic heterocycles. The molecule has 0 aromatic carbocycles. The number of hydrogen-bond donors (Lipinski definition) is 1. The van der Waals surface area contributed by atoms with E-state index < -0.39 is 12.1 Å². The number of aliphatic hydroxyl groups is 1. The van der Waals surface area contributed by atoms with Crippen LogP contribution in [0.5, 0.6) is 0 Å². The summed E-state index contributed by atoms with van der Waals surface area (Å²) in [4.78, 5) is 15.2. The second-order valence-electron chi connectivity index (χ2n) is 3.48. The summed E-state index contributed by atoms with van der Waals surface area (Å²) in [5.41, 5.74) is 1.38. The number of esters is 1. The van der Waals surface area contributed by atoms with E-state index >= 15 is 0 Å². The highest BCUT2D eigenvalue weighted by Gasteiger charge is 2.19. The number of nitrogens with zero attached hydrogens (tertiary/aromatic N) is 1. The molecule has 0 fully saturated rings. The molecule has 1 rings (SSSR count). The number of methoxy groups -OCH3 is 1. The van der Waals surface area contributed by atoms with E-state index in [-0.39, 0.29) is 5.57 Å². The number of carbonyl (C=O) groups is 1. The van der Waals surface area contributed by atoms with Crippen molar-refractivity contribution in [2.45, 2.75) is 12.5 Å². The van der Waals surface area contributed by atoms with Crippen molar-refractivity contribution in [3.63, 3.8) is 0 Å². The molecule has 0 amide bonds. The Morgan fingerprint density at radius 2 is 2.35 bits per heavy atom. The number of aryl methyl sites for hydroxylation is 1. The second-order valence-corrected chi connectivity index (χ2v) is 3.86. The van der Waals surface area contributed by atoms with E-state index in [4.69, 9.17) is 11.6 Å². The normalized spacial score (nSPS) is 11.9. The lowest BCUT2D eigenvalue weighted by molar-refractivity contribution is -0.137. The standard InChI is InChI=1S/C12H14ClNO3/c1-8(12(16)17-2)11(15)10-5-9(3-4-13)6-14-7-10/h5-7,11,15H,1,3-4H2,2H3. The molecule has 1 N–H and O–H groups in total. The Hall–Kier alpha value is -1.39. The number of hydrogen-bond acceptors (Lipinski definition) is 4. The van der Waals surface area contributed by atoms with Gasteiger partial charge < -0.3 is 9.84 Å². The van der Waals surface area contributed by atoms with Gasteiger partial charge in [-0.05, 0) is 18.1 Å². The van der Waals surface area contributed by atoms with Crippen molar-refractivity contribution in [3.05, 3.63) is 41.7 Å². The Bertz CT molecular complexity index is 420. The van der Waals surface area contributed by atoms with Gasteiger partial charge in [0.25, 0.3) is 0 Å². The smallest absolute Gasteiger partial charge is 0.336 e. The molecule has 17 heavy (non-hydrogen) atoms. The first kappa shape index (κ1) is 13.7. The number of aromatic nitrogens is 1.